The Morgan fingerprint density at radius 2 is 1.97 bits per heavy atom. The number of anilines is 1. The number of hydrogen-bond acceptors (Lipinski definition) is 9. The summed E-state index contributed by atoms with van der Waals surface area (Å²) in [4.78, 5) is 44.8. The summed E-state index contributed by atoms with van der Waals surface area (Å²) in [5.41, 5.74) is 5.38. The van der Waals surface area contributed by atoms with Crippen molar-refractivity contribution in [3.8, 4) is 0 Å². The number of halogens is 2. The summed E-state index contributed by atoms with van der Waals surface area (Å²) in [5.74, 6) is -1.59. The summed E-state index contributed by atoms with van der Waals surface area (Å²) in [6.07, 6.45) is -5.37. The number of carbonyl (C=O) groups excluding carboxylic acids is 2. The van der Waals surface area contributed by atoms with E-state index in [0.717, 1.165) is 17.9 Å². The topological polar surface area (TPSA) is 141 Å². The Kier molecular flexibility index (Phi) is 7.58. The molecule has 11 nitrogen and oxygen atoms in total. The van der Waals surface area contributed by atoms with Crippen molar-refractivity contribution in [3.63, 3.8) is 0 Å². The fourth-order valence-corrected chi connectivity index (χ4v) is 4.24. The van der Waals surface area contributed by atoms with E-state index >= 15 is 4.39 Å². The monoisotopic (exact) mass is 487 g/mol. The summed E-state index contributed by atoms with van der Waals surface area (Å²) >= 11 is 6.28. The molecule has 2 aromatic heterocycles. The Morgan fingerprint density at radius 1 is 1.27 bits per heavy atom. The number of carbonyl (C=O) groups is 2. The van der Waals surface area contributed by atoms with Crippen molar-refractivity contribution in [2.75, 3.05) is 5.73 Å². The molecule has 0 unspecified atom stereocenters. The molecule has 0 bridgehead atoms. The van der Waals surface area contributed by atoms with E-state index in [1.54, 1.807) is 6.92 Å². The Labute approximate surface area is 194 Å². The van der Waals surface area contributed by atoms with Crippen molar-refractivity contribution in [1.29, 1.82) is 0 Å². The molecule has 0 aromatic carbocycles. The predicted molar refractivity (Wildman–Crippen MR) is 116 cm³/mol. The van der Waals surface area contributed by atoms with Gasteiger partial charge >= 0.3 is 17.6 Å². The van der Waals surface area contributed by atoms with Gasteiger partial charge in [0.05, 0.1) is 0 Å². The summed E-state index contributed by atoms with van der Waals surface area (Å²) in [7, 11) is 0. The summed E-state index contributed by atoms with van der Waals surface area (Å²) < 4.78 is 34.3. The average molecular weight is 488 g/mol. The van der Waals surface area contributed by atoms with Crippen LogP contribution in [0, 0.1) is 0 Å². The normalized spacial score (nSPS) is 23.6. The minimum atomic E-state index is -1.89. The Balaban J connectivity index is 2.18. The van der Waals surface area contributed by atoms with Crippen LogP contribution >= 0.6 is 11.6 Å². The van der Waals surface area contributed by atoms with Gasteiger partial charge in [-0.3, -0.25) is 14.2 Å². The number of alkyl halides is 1. The lowest BCUT2D eigenvalue weighted by molar-refractivity contribution is -0.159. The van der Waals surface area contributed by atoms with Crippen LogP contribution in [0.15, 0.2) is 4.79 Å². The quantitative estimate of drug-likeness (QED) is 0.437. The van der Waals surface area contributed by atoms with E-state index in [1.165, 1.54) is 11.5 Å². The molecule has 0 aliphatic carbocycles. The number of hydrogen-bond donors (Lipinski definition) is 1. The van der Waals surface area contributed by atoms with E-state index in [1.807, 2.05) is 6.92 Å². The number of nitrogen functional groups attached to an aromatic ring is 1. The van der Waals surface area contributed by atoms with Crippen LogP contribution in [-0.4, -0.2) is 55.5 Å². The fourth-order valence-electron chi connectivity index (χ4n) is 3.97. The molecule has 1 saturated heterocycles. The van der Waals surface area contributed by atoms with Crippen LogP contribution < -0.4 is 11.4 Å². The third-order valence-electron chi connectivity index (χ3n) is 5.36. The maximum absolute atomic E-state index is 15.5. The lowest BCUT2D eigenvalue weighted by atomic mass is 10.0. The van der Waals surface area contributed by atoms with E-state index in [0.29, 0.717) is 13.0 Å². The molecule has 3 rings (SSSR count). The first kappa shape index (κ1) is 24.9. The smallest absolute Gasteiger partial charge is 0.332 e. The summed E-state index contributed by atoms with van der Waals surface area (Å²) in [5, 5.41) is -0.0498. The van der Waals surface area contributed by atoms with Crippen LogP contribution in [0.3, 0.4) is 0 Å². The second-order valence-electron chi connectivity index (χ2n) is 7.77. The molecule has 2 N–H and O–H groups in total. The van der Waals surface area contributed by atoms with Crippen LogP contribution in [0.4, 0.5) is 10.3 Å². The molecule has 13 heteroatoms. The van der Waals surface area contributed by atoms with Crippen LogP contribution in [0.5, 0.6) is 0 Å². The highest BCUT2D eigenvalue weighted by Crippen LogP contribution is 2.38. The van der Waals surface area contributed by atoms with Gasteiger partial charge in [-0.1, -0.05) is 31.9 Å². The third kappa shape index (κ3) is 4.81. The first-order valence-corrected chi connectivity index (χ1v) is 11.1. The van der Waals surface area contributed by atoms with Crippen molar-refractivity contribution in [1.82, 2.24) is 19.1 Å². The number of fused-ring (bicyclic) bond motifs is 1. The Morgan fingerprint density at radius 3 is 2.55 bits per heavy atom. The van der Waals surface area contributed by atoms with Crippen LogP contribution in [-0.2, 0) is 30.3 Å². The first-order chi connectivity index (χ1) is 15.6. The predicted octanol–water partition coefficient (Wildman–Crippen LogP) is 2.14. The van der Waals surface area contributed by atoms with Gasteiger partial charge in [-0.05, 0) is 12.8 Å². The minimum Gasteiger partial charge on any atom is -0.460 e. The number of nitrogens with zero attached hydrogens (tertiary/aromatic N) is 4. The molecule has 0 spiro atoms. The molecule has 2 aromatic rings. The number of rotatable bonds is 8. The number of aryl methyl sites for hydroxylation is 1. The molecule has 1 aliphatic heterocycles. The molecule has 3 heterocycles. The molecule has 0 amide bonds. The molecule has 1 fully saturated rings. The Hall–Kier alpha value is -2.73. The zero-order valence-electron chi connectivity index (χ0n) is 18.8. The second kappa shape index (κ2) is 10.0. The van der Waals surface area contributed by atoms with Gasteiger partial charge in [-0.2, -0.15) is 9.97 Å². The van der Waals surface area contributed by atoms with Crippen LogP contribution in [0.2, 0.25) is 5.15 Å². The average Bonchev–Trinajstić information content (AvgIpc) is 3.18. The van der Waals surface area contributed by atoms with E-state index in [2.05, 4.69) is 9.97 Å². The maximum Gasteiger partial charge on any atom is 0.332 e. The van der Waals surface area contributed by atoms with Gasteiger partial charge < -0.3 is 19.9 Å². The summed E-state index contributed by atoms with van der Waals surface area (Å²) in [6, 6.07) is 0. The van der Waals surface area contributed by atoms with Crippen molar-refractivity contribution >= 4 is 40.7 Å². The van der Waals surface area contributed by atoms with E-state index in [9.17, 15) is 14.4 Å². The van der Waals surface area contributed by atoms with E-state index in [4.69, 9.17) is 31.5 Å². The third-order valence-corrected chi connectivity index (χ3v) is 5.62. The number of aromatic nitrogens is 4. The van der Waals surface area contributed by atoms with Crippen molar-refractivity contribution in [3.05, 3.63) is 15.6 Å². The highest BCUT2D eigenvalue weighted by atomic mass is 35.5. The first-order valence-electron chi connectivity index (χ1n) is 10.7. The largest absolute Gasteiger partial charge is 0.460 e. The standard InChI is InChI=1S/C20H27ClFN5O6/c1-5-7-8-26-13-16(21)24-19(23)25-17(13)27(20(26)30)18-15(32-10(4)29)12(22)14(33-18)11(6-2)31-9(3)28/h11-12,14-15,18H,5-8H2,1-4H3,(H2,23,24,25)/t11-,12-,14+,15+,18+/m0/s1. The summed E-state index contributed by atoms with van der Waals surface area (Å²) in [6.45, 7) is 6.25. The van der Waals surface area contributed by atoms with Crippen LogP contribution in [0.25, 0.3) is 11.2 Å². The highest BCUT2D eigenvalue weighted by molar-refractivity contribution is 6.33. The van der Waals surface area contributed by atoms with Gasteiger partial charge in [0.1, 0.15) is 17.7 Å². The molecule has 1 aliphatic rings. The van der Waals surface area contributed by atoms with Gasteiger partial charge in [0.15, 0.2) is 29.3 Å². The van der Waals surface area contributed by atoms with Crippen molar-refractivity contribution in [2.24, 2.45) is 0 Å². The number of imidazole rings is 1. The minimum absolute atomic E-state index is 0.0177. The molecule has 5 atom stereocenters. The molecular weight excluding hydrogens is 461 g/mol. The van der Waals surface area contributed by atoms with Gasteiger partial charge in [-0.15, -0.1) is 0 Å². The molecule has 33 heavy (non-hydrogen) atoms. The van der Waals surface area contributed by atoms with Crippen molar-refractivity contribution in [2.45, 2.75) is 84.2 Å². The van der Waals surface area contributed by atoms with Crippen molar-refractivity contribution < 1.29 is 28.2 Å². The maximum atomic E-state index is 15.5. The van der Waals surface area contributed by atoms with Crippen LogP contribution in [0.1, 0.15) is 53.2 Å². The van der Waals surface area contributed by atoms with Gasteiger partial charge in [0, 0.05) is 20.4 Å². The van der Waals surface area contributed by atoms with Gasteiger partial charge in [0.2, 0.25) is 5.95 Å². The van der Waals surface area contributed by atoms with Gasteiger partial charge in [0.25, 0.3) is 0 Å². The second-order valence-corrected chi connectivity index (χ2v) is 8.13. The highest BCUT2D eigenvalue weighted by Gasteiger charge is 2.53. The zero-order chi connectivity index (χ0) is 24.4. The number of esters is 2. The molecular formula is C20H27ClFN5O6. The number of nitrogens with two attached hydrogens (primary N) is 1. The van der Waals surface area contributed by atoms with E-state index < -0.39 is 48.3 Å². The molecule has 0 saturated carbocycles. The number of ether oxygens (including phenoxy) is 3. The zero-order valence-corrected chi connectivity index (χ0v) is 19.5. The fraction of sp³-hybridized carbons (Fsp3) is 0.650. The lowest BCUT2D eigenvalue weighted by Gasteiger charge is -2.23. The number of unbranched alkanes of at least 4 members (excludes halogenated alkanes) is 1. The Bertz CT molecular complexity index is 1100. The molecule has 0 radical (unpaired) electrons. The van der Waals surface area contributed by atoms with E-state index in [-0.39, 0.29) is 28.7 Å². The lowest BCUT2D eigenvalue weighted by Crippen LogP contribution is -2.39. The SMILES string of the molecule is CCCCn1c(=O)n([C@@H]2O[C@H]([C@H](CC)OC(C)=O)[C@H](F)[C@H]2OC(C)=O)c2nc(N)nc(Cl)c21. The molecule has 182 valence electrons. The van der Waals surface area contributed by atoms with Gasteiger partial charge in [-0.25, -0.2) is 13.8 Å².